The number of hydrogen-bond acceptors (Lipinski definition) is 0. The topological polar surface area (TPSA) is 15.8 Å². The molecule has 0 spiro atoms. The molecule has 2 aromatic rings. The van der Waals surface area contributed by atoms with Gasteiger partial charge in [0.25, 0.3) is 0 Å². The van der Waals surface area contributed by atoms with Gasteiger partial charge in [0.05, 0.1) is 10.8 Å². The zero-order valence-corrected chi connectivity index (χ0v) is 8.98. The van der Waals surface area contributed by atoms with Gasteiger partial charge >= 0.3 is 0 Å². The minimum absolute atomic E-state index is 0.741. The van der Waals surface area contributed by atoms with Crippen LogP contribution >= 0.6 is 27.5 Å². The van der Waals surface area contributed by atoms with Crippen molar-refractivity contribution in [1.29, 1.82) is 0 Å². The molecule has 0 fully saturated rings. The number of benzene rings is 1. The Morgan fingerprint density at radius 2 is 2.08 bits per heavy atom. The summed E-state index contributed by atoms with van der Waals surface area (Å²) in [5.74, 6) is 0. The van der Waals surface area contributed by atoms with E-state index in [0.717, 1.165) is 20.8 Å². The van der Waals surface area contributed by atoms with Crippen molar-refractivity contribution in [2.45, 2.75) is 0 Å². The van der Waals surface area contributed by atoms with Gasteiger partial charge in [0.15, 0.2) is 0 Å². The summed E-state index contributed by atoms with van der Waals surface area (Å²) in [6.45, 7) is 0. The third kappa shape index (κ3) is 1.79. The van der Waals surface area contributed by atoms with Crippen molar-refractivity contribution in [1.82, 2.24) is 4.98 Å². The summed E-state index contributed by atoms with van der Waals surface area (Å²) in [5.41, 5.74) is 1.96. The Labute approximate surface area is 89.9 Å². The third-order valence-electron chi connectivity index (χ3n) is 1.75. The largest absolute Gasteiger partial charge is 0.348 e. The molecular weight excluding hydrogens is 249 g/mol. The molecule has 0 aliphatic carbocycles. The number of nitrogens with one attached hydrogen (secondary N) is 1. The average molecular weight is 256 g/mol. The minimum Gasteiger partial charge on any atom is -0.348 e. The first-order valence-corrected chi connectivity index (χ1v) is 4.95. The number of halogens is 2. The predicted octanol–water partition coefficient (Wildman–Crippen LogP) is 3.90. The smallest absolute Gasteiger partial charge is 0.0831 e. The van der Waals surface area contributed by atoms with Gasteiger partial charge in [-0.1, -0.05) is 29.8 Å². The number of rotatable bonds is 1. The molecule has 1 heterocycles. The third-order valence-corrected chi connectivity index (χ3v) is 2.51. The predicted molar refractivity (Wildman–Crippen MR) is 57.8 cm³/mol. The Hall–Kier alpha value is -0.730. The summed E-state index contributed by atoms with van der Waals surface area (Å²) < 4.78 is 0.905. The second kappa shape index (κ2) is 3.56. The fourth-order valence-corrected chi connectivity index (χ4v) is 1.72. The summed E-state index contributed by atoms with van der Waals surface area (Å²) in [7, 11) is 0. The van der Waals surface area contributed by atoms with E-state index in [2.05, 4.69) is 27.1 Å². The zero-order valence-electron chi connectivity index (χ0n) is 6.64. The lowest BCUT2D eigenvalue weighted by Crippen LogP contribution is -1.74. The van der Waals surface area contributed by atoms with Crippen LogP contribution in [0.4, 0.5) is 0 Å². The molecule has 1 nitrogen and oxygen atoms in total. The van der Waals surface area contributed by atoms with Crippen molar-refractivity contribution < 1.29 is 0 Å². The number of hydrogen-bond donors (Lipinski definition) is 1. The van der Waals surface area contributed by atoms with Crippen LogP contribution in [0, 0.1) is 6.20 Å². The van der Waals surface area contributed by atoms with Gasteiger partial charge in [0.2, 0.25) is 0 Å². The Bertz CT molecular complexity index is 422. The Kier molecular flexibility index (Phi) is 2.42. The van der Waals surface area contributed by atoms with Crippen LogP contribution in [-0.2, 0) is 0 Å². The maximum absolute atomic E-state index is 6.02. The molecule has 1 radical (unpaired) electrons. The quantitative estimate of drug-likeness (QED) is 0.795. The van der Waals surface area contributed by atoms with Gasteiger partial charge in [-0.05, 0) is 28.1 Å². The van der Waals surface area contributed by atoms with Gasteiger partial charge in [0.1, 0.15) is 0 Å². The van der Waals surface area contributed by atoms with Crippen LogP contribution in [0.1, 0.15) is 0 Å². The van der Waals surface area contributed by atoms with E-state index in [1.54, 1.807) is 0 Å². The molecule has 1 N–H and O–H groups in total. The van der Waals surface area contributed by atoms with Crippen LogP contribution in [0.5, 0.6) is 0 Å². The van der Waals surface area contributed by atoms with E-state index >= 15 is 0 Å². The van der Waals surface area contributed by atoms with Crippen LogP contribution < -0.4 is 0 Å². The second-order valence-corrected chi connectivity index (χ2v) is 3.90. The lowest BCUT2D eigenvalue weighted by atomic mass is 10.1. The highest BCUT2D eigenvalue weighted by molar-refractivity contribution is 9.10. The van der Waals surface area contributed by atoms with E-state index in [-0.39, 0.29) is 0 Å². The SMILES string of the molecule is Clc1ccccc1-c1[c][nH]c(Br)c1. The normalized spacial score (nSPS) is 10.3. The van der Waals surface area contributed by atoms with Crippen LogP contribution in [0.2, 0.25) is 5.02 Å². The van der Waals surface area contributed by atoms with E-state index in [4.69, 9.17) is 11.6 Å². The summed E-state index contributed by atoms with van der Waals surface area (Å²) in [6.07, 6.45) is 3.01. The molecule has 1 aromatic carbocycles. The van der Waals surface area contributed by atoms with E-state index in [9.17, 15) is 0 Å². The van der Waals surface area contributed by atoms with Gasteiger partial charge in [0, 0.05) is 16.1 Å². The molecule has 3 heteroatoms. The molecule has 65 valence electrons. The molecule has 13 heavy (non-hydrogen) atoms. The first-order valence-electron chi connectivity index (χ1n) is 3.78. The zero-order chi connectivity index (χ0) is 9.26. The molecule has 0 saturated carbocycles. The van der Waals surface area contributed by atoms with Crippen LogP contribution in [0.3, 0.4) is 0 Å². The molecule has 0 atom stereocenters. The van der Waals surface area contributed by atoms with Gasteiger partial charge in [-0.15, -0.1) is 0 Å². The molecule has 0 aliphatic rings. The van der Waals surface area contributed by atoms with Gasteiger partial charge in [-0.25, -0.2) is 0 Å². The number of aromatic nitrogens is 1. The van der Waals surface area contributed by atoms with E-state index < -0.39 is 0 Å². The van der Waals surface area contributed by atoms with E-state index in [1.165, 1.54) is 0 Å². The summed E-state index contributed by atoms with van der Waals surface area (Å²) in [6, 6.07) is 9.64. The fourth-order valence-electron chi connectivity index (χ4n) is 1.15. The highest BCUT2D eigenvalue weighted by Gasteiger charge is 2.03. The van der Waals surface area contributed by atoms with Gasteiger partial charge in [-0.2, -0.15) is 0 Å². The van der Waals surface area contributed by atoms with E-state index in [1.807, 2.05) is 30.3 Å². The van der Waals surface area contributed by atoms with Gasteiger partial charge < -0.3 is 4.98 Å². The first-order chi connectivity index (χ1) is 6.27. The minimum atomic E-state index is 0.741. The Morgan fingerprint density at radius 1 is 1.31 bits per heavy atom. The highest BCUT2D eigenvalue weighted by atomic mass is 79.9. The lowest BCUT2D eigenvalue weighted by molar-refractivity contribution is 1.35. The second-order valence-electron chi connectivity index (χ2n) is 2.64. The molecular formula is C10H6BrClN. The lowest BCUT2D eigenvalue weighted by Gasteiger charge is -1.98. The summed E-state index contributed by atoms with van der Waals surface area (Å²) in [5, 5.41) is 0.741. The number of H-pyrrole nitrogens is 1. The highest BCUT2D eigenvalue weighted by Crippen LogP contribution is 2.28. The molecule has 2 rings (SSSR count). The molecule has 0 amide bonds. The molecule has 0 saturated heterocycles. The van der Waals surface area contributed by atoms with Crippen molar-refractivity contribution >= 4 is 27.5 Å². The van der Waals surface area contributed by atoms with E-state index in [0.29, 0.717) is 0 Å². The molecule has 0 aliphatic heterocycles. The van der Waals surface area contributed by atoms with Crippen LogP contribution in [-0.4, -0.2) is 4.98 Å². The Morgan fingerprint density at radius 3 is 2.69 bits per heavy atom. The molecule has 0 unspecified atom stereocenters. The standard InChI is InChI=1S/C10H6BrClN/c11-10-5-7(6-13-10)8-3-1-2-4-9(8)12/h1-5,13H. The Balaban J connectivity index is 2.52. The maximum Gasteiger partial charge on any atom is 0.0831 e. The van der Waals surface area contributed by atoms with Crippen LogP contribution in [0.25, 0.3) is 11.1 Å². The fraction of sp³-hybridized carbons (Fsp3) is 0. The summed E-state index contributed by atoms with van der Waals surface area (Å²) in [4.78, 5) is 2.93. The average Bonchev–Trinajstić information content (AvgIpc) is 2.53. The monoisotopic (exact) mass is 254 g/mol. The van der Waals surface area contributed by atoms with Crippen molar-refractivity contribution in [3.63, 3.8) is 0 Å². The molecule has 1 aromatic heterocycles. The van der Waals surface area contributed by atoms with Gasteiger partial charge in [-0.3, -0.25) is 0 Å². The van der Waals surface area contributed by atoms with Crippen molar-refractivity contribution in [2.75, 3.05) is 0 Å². The summed E-state index contributed by atoms with van der Waals surface area (Å²) >= 11 is 9.34. The first kappa shape index (κ1) is 8.85. The van der Waals surface area contributed by atoms with Crippen LogP contribution in [0.15, 0.2) is 34.9 Å². The maximum atomic E-state index is 6.02. The molecule has 0 bridgehead atoms. The van der Waals surface area contributed by atoms with Crippen molar-refractivity contribution in [3.8, 4) is 11.1 Å². The van der Waals surface area contributed by atoms with Crippen molar-refractivity contribution in [3.05, 3.63) is 46.2 Å². The number of aromatic amines is 1. The van der Waals surface area contributed by atoms with Crippen molar-refractivity contribution in [2.24, 2.45) is 0 Å².